The Morgan fingerprint density at radius 2 is 1.84 bits per heavy atom. The van der Waals surface area contributed by atoms with E-state index in [1.807, 2.05) is 18.2 Å². The average Bonchev–Trinajstić information content (AvgIpc) is 2.36. The minimum Gasteiger partial charge on any atom is -0.327 e. The summed E-state index contributed by atoms with van der Waals surface area (Å²) in [5.41, 5.74) is 7.55. The second-order valence-corrected chi connectivity index (χ2v) is 4.60. The summed E-state index contributed by atoms with van der Waals surface area (Å²) in [6.07, 6.45) is 3.69. The topological polar surface area (TPSA) is 38.9 Å². The summed E-state index contributed by atoms with van der Waals surface area (Å²) >= 11 is 0. The van der Waals surface area contributed by atoms with Gasteiger partial charge in [-0.1, -0.05) is 6.07 Å². The molecule has 100 valence electrons. The zero-order valence-corrected chi connectivity index (χ0v) is 10.5. The van der Waals surface area contributed by atoms with Crippen LogP contribution in [-0.2, 0) is 12.8 Å². The fraction of sp³-hybridized carbons (Fsp3) is 0.267. The number of aromatic nitrogens is 1. The van der Waals surface area contributed by atoms with Crippen molar-refractivity contribution in [3.05, 3.63) is 65.5 Å². The van der Waals surface area contributed by atoms with Gasteiger partial charge in [-0.15, -0.1) is 0 Å². The van der Waals surface area contributed by atoms with Gasteiger partial charge in [0.2, 0.25) is 0 Å². The average molecular weight is 262 g/mol. The number of nitrogens with two attached hydrogens (primary N) is 1. The van der Waals surface area contributed by atoms with E-state index in [1.165, 1.54) is 12.1 Å². The first-order valence-electron chi connectivity index (χ1n) is 6.24. The van der Waals surface area contributed by atoms with Crippen LogP contribution in [0.5, 0.6) is 0 Å². The Bertz CT molecular complexity index is 509. The van der Waals surface area contributed by atoms with Gasteiger partial charge in [0.05, 0.1) is 0 Å². The molecule has 0 aliphatic heterocycles. The van der Waals surface area contributed by atoms with Crippen LogP contribution in [0.1, 0.15) is 17.7 Å². The molecule has 0 radical (unpaired) electrons. The highest BCUT2D eigenvalue weighted by Crippen LogP contribution is 2.11. The number of rotatable bonds is 5. The minimum atomic E-state index is -0.563. The monoisotopic (exact) mass is 262 g/mol. The number of halogens is 2. The molecular weight excluding hydrogens is 246 g/mol. The van der Waals surface area contributed by atoms with E-state index in [4.69, 9.17) is 5.73 Å². The Morgan fingerprint density at radius 3 is 2.47 bits per heavy atom. The Hall–Kier alpha value is -1.81. The maximum Gasteiger partial charge on any atom is 0.126 e. The second kappa shape index (κ2) is 6.38. The summed E-state index contributed by atoms with van der Waals surface area (Å²) in [5, 5.41) is 0. The van der Waals surface area contributed by atoms with Crippen LogP contribution in [0.25, 0.3) is 0 Å². The molecule has 2 aromatic rings. The first-order valence-corrected chi connectivity index (χ1v) is 6.24. The van der Waals surface area contributed by atoms with Crippen LogP contribution in [0.15, 0.2) is 42.6 Å². The van der Waals surface area contributed by atoms with Gasteiger partial charge >= 0.3 is 0 Å². The number of nitrogens with zero attached hydrogens (tertiary/aromatic N) is 1. The van der Waals surface area contributed by atoms with Crippen LogP contribution in [0, 0.1) is 11.6 Å². The van der Waals surface area contributed by atoms with Crippen LogP contribution < -0.4 is 5.73 Å². The van der Waals surface area contributed by atoms with Crippen molar-refractivity contribution < 1.29 is 8.78 Å². The van der Waals surface area contributed by atoms with Gasteiger partial charge < -0.3 is 5.73 Å². The van der Waals surface area contributed by atoms with Crippen molar-refractivity contribution in [2.75, 3.05) is 0 Å². The third kappa shape index (κ3) is 4.41. The molecule has 2 nitrogen and oxygen atoms in total. The van der Waals surface area contributed by atoms with Gasteiger partial charge in [-0.3, -0.25) is 4.98 Å². The molecule has 0 saturated heterocycles. The van der Waals surface area contributed by atoms with Crippen molar-refractivity contribution in [1.82, 2.24) is 4.98 Å². The van der Waals surface area contributed by atoms with Gasteiger partial charge in [0.1, 0.15) is 11.6 Å². The van der Waals surface area contributed by atoms with Crippen molar-refractivity contribution in [1.29, 1.82) is 0 Å². The lowest BCUT2D eigenvalue weighted by molar-refractivity contribution is 0.567. The van der Waals surface area contributed by atoms with Gasteiger partial charge in [-0.05, 0) is 49.1 Å². The molecule has 1 unspecified atom stereocenters. The minimum absolute atomic E-state index is 0.136. The summed E-state index contributed by atoms with van der Waals surface area (Å²) in [5.74, 6) is -1.13. The molecular formula is C15H16F2N2. The number of aryl methyl sites for hydroxylation is 1. The molecule has 2 rings (SSSR count). The smallest absolute Gasteiger partial charge is 0.126 e. The van der Waals surface area contributed by atoms with Crippen molar-refractivity contribution in [2.24, 2.45) is 5.73 Å². The van der Waals surface area contributed by atoms with Gasteiger partial charge in [0, 0.05) is 24.0 Å². The first-order chi connectivity index (χ1) is 9.13. The van der Waals surface area contributed by atoms with Crippen molar-refractivity contribution >= 4 is 0 Å². The molecule has 0 aliphatic carbocycles. The molecule has 0 amide bonds. The molecule has 1 aromatic carbocycles. The van der Waals surface area contributed by atoms with Gasteiger partial charge in [0.15, 0.2) is 0 Å². The fourth-order valence-corrected chi connectivity index (χ4v) is 2.01. The largest absolute Gasteiger partial charge is 0.327 e. The zero-order valence-electron chi connectivity index (χ0n) is 10.5. The maximum atomic E-state index is 13.0. The van der Waals surface area contributed by atoms with Gasteiger partial charge in [-0.2, -0.15) is 0 Å². The summed E-state index contributed by atoms with van der Waals surface area (Å²) in [6.45, 7) is 0. The molecule has 0 fully saturated rings. The van der Waals surface area contributed by atoms with E-state index in [-0.39, 0.29) is 6.04 Å². The summed E-state index contributed by atoms with van der Waals surface area (Å²) in [4.78, 5) is 4.21. The summed E-state index contributed by atoms with van der Waals surface area (Å²) in [6, 6.07) is 9.10. The van der Waals surface area contributed by atoms with Crippen molar-refractivity contribution in [3.63, 3.8) is 0 Å². The van der Waals surface area contributed by atoms with Crippen LogP contribution in [0.2, 0.25) is 0 Å². The summed E-state index contributed by atoms with van der Waals surface area (Å²) in [7, 11) is 0. The van der Waals surface area contributed by atoms with E-state index < -0.39 is 11.6 Å². The van der Waals surface area contributed by atoms with Gasteiger partial charge in [0.25, 0.3) is 0 Å². The van der Waals surface area contributed by atoms with Crippen molar-refractivity contribution in [2.45, 2.75) is 25.3 Å². The van der Waals surface area contributed by atoms with Crippen LogP contribution in [0.4, 0.5) is 8.78 Å². The van der Waals surface area contributed by atoms with E-state index >= 15 is 0 Å². The molecule has 1 heterocycles. The predicted molar refractivity (Wildman–Crippen MR) is 70.6 cm³/mol. The Labute approximate surface area is 111 Å². The Kier molecular flexibility index (Phi) is 4.58. The lowest BCUT2D eigenvalue weighted by Crippen LogP contribution is -2.23. The first kappa shape index (κ1) is 13.6. The van der Waals surface area contributed by atoms with E-state index in [0.29, 0.717) is 12.0 Å². The number of hydrogen-bond donors (Lipinski definition) is 1. The highest BCUT2D eigenvalue weighted by atomic mass is 19.1. The lowest BCUT2D eigenvalue weighted by atomic mass is 10.0. The molecule has 2 N–H and O–H groups in total. The fourth-order valence-electron chi connectivity index (χ4n) is 2.01. The van der Waals surface area contributed by atoms with E-state index in [0.717, 1.165) is 24.6 Å². The standard InChI is InChI=1S/C15H16F2N2/c16-12-7-11(8-13(17)10-12)9-14(18)4-5-15-3-1-2-6-19-15/h1-3,6-8,10,14H,4-5,9,18H2. The van der Waals surface area contributed by atoms with Crippen LogP contribution in [0.3, 0.4) is 0 Å². The SMILES string of the molecule is NC(CCc1ccccn1)Cc1cc(F)cc(F)c1. The normalized spacial score (nSPS) is 12.4. The van der Waals surface area contributed by atoms with Crippen LogP contribution >= 0.6 is 0 Å². The summed E-state index contributed by atoms with van der Waals surface area (Å²) < 4.78 is 26.1. The van der Waals surface area contributed by atoms with Crippen LogP contribution in [-0.4, -0.2) is 11.0 Å². The number of hydrogen-bond acceptors (Lipinski definition) is 2. The number of benzene rings is 1. The molecule has 19 heavy (non-hydrogen) atoms. The third-order valence-corrected chi connectivity index (χ3v) is 2.92. The quantitative estimate of drug-likeness (QED) is 0.900. The van der Waals surface area contributed by atoms with E-state index in [1.54, 1.807) is 6.20 Å². The molecule has 4 heteroatoms. The third-order valence-electron chi connectivity index (χ3n) is 2.92. The van der Waals surface area contributed by atoms with Gasteiger partial charge in [-0.25, -0.2) is 8.78 Å². The lowest BCUT2D eigenvalue weighted by Gasteiger charge is -2.11. The second-order valence-electron chi connectivity index (χ2n) is 4.60. The molecule has 0 spiro atoms. The highest BCUT2D eigenvalue weighted by Gasteiger charge is 2.07. The molecule has 1 aromatic heterocycles. The molecule has 1 atom stereocenters. The van der Waals surface area contributed by atoms with E-state index in [2.05, 4.69) is 4.98 Å². The highest BCUT2D eigenvalue weighted by molar-refractivity contribution is 5.19. The molecule has 0 saturated carbocycles. The molecule has 0 bridgehead atoms. The number of pyridine rings is 1. The Balaban J connectivity index is 1.89. The maximum absolute atomic E-state index is 13.0. The predicted octanol–water partition coefficient (Wildman–Crippen LogP) is 2.86. The van der Waals surface area contributed by atoms with Crippen molar-refractivity contribution in [3.8, 4) is 0 Å². The molecule has 0 aliphatic rings. The van der Waals surface area contributed by atoms with E-state index in [9.17, 15) is 8.78 Å². The Morgan fingerprint density at radius 1 is 1.11 bits per heavy atom. The zero-order chi connectivity index (χ0) is 13.7.